The smallest absolute Gasteiger partial charge is 0.378 e. The van der Waals surface area contributed by atoms with Crippen LogP contribution in [-0.2, 0) is 4.74 Å². The van der Waals surface area contributed by atoms with Gasteiger partial charge in [0.25, 0.3) is 0 Å². The molecule has 0 aliphatic heterocycles. The van der Waals surface area contributed by atoms with Crippen LogP contribution in [-0.4, -0.2) is 32.2 Å². The van der Waals surface area contributed by atoms with Crippen molar-refractivity contribution in [3.05, 3.63) is 0 Å². The lowest BCUT2D eigenvalue weighted by molar-refractivity contribution is -0.166. The van der Waals surface area contributed by atoms with E-state index >= 15 is 0 Å². The first-order valence-electron chi connectivity index (χ1n) is 3.20. The Bertz CT molecular complexity index is 124. The van der Waals surface area contributed by atoms with Crippen LogP contribution in [0.25, 0.3) is 0 Å². The first-order valence-corrected chi connectivity index (χ1v) is 3.20. The molecule has 0 saturated heterocycles. The lowest BCUT2D eigenvalue weighted by Gasteiger charge is -2.18. The minimum absolute atomic E-state index is 0.915. The predicted molar refractivity (Wildman–Crippen MR) is 32.3 cm³/mol. The van der Waals surface area contributed by atoms with Gasteiger partial charge in [0.1, 0.15) is 6.67 Å². The molecule has 0 radical (unpaired) electrons. The summed E-state index contributed by atoms with van der Waals surface area (Å²) >= 11 is 0. The van der Waals surface area contributed by atoms with E-state index in [0.29, 0.717) is 0 Å². The number of rotatable bonds is 4. The summed E-state index contributed by atoms with van der Waals surface area (Å²) in [5.74, 6) is 0. The first-order chi connectivity index (χ1) is 5.40. The SMILES string of the molecule is COC(CC(F)(F)F)C(F)CF. The fourth-order valence-electron chi connectivity index (χ4n) is 0.686. The lowest BCUT2D eigenvalue weighted by Crippen LogP contribution is -2.31. The highest BCUT2D eigenvalue weighted by Crippen LogP contribution is 2.25. The Morgan fingerprint density at radius 1 is 1.33 bits per heavy atom. The standard InChI is InChI=1S/C6H9F5O/c1-12-5(4(8)3-7)2-6(9,10)11/h4-5H,2-3H2,1H3. The van der Waals surface area contributed by atoms with Gasteiger partial charge in [0.2, 0.25) is 0 Å². The molecule has 74 valence electrons. The van der Waals surface area contributed by atoms with Crippen molar-refractivity contribution >= 4 is 0 Å². The van der Waals surface area contributed by atoms with E-state index < -0.39 is 31.5 Å². The number of hydrogen-bond donors (Lipinski definition) is 0. The van der Waals surface area contributed by atoms with Gasteiger partial charge in [-0.2, -0.15) is 13.2 Å². The number of alkyl halides is 5. The fraction of sp³-hybridized carbons (Fsp3) is 1.00. The third-order valence-corrected chi connectivity index (χ3v) is 1.29. The van der Waals surface area contributed by atoms with E-state index in [0.717, 1.165) is 7.11 Å². The predicted octanol–water partition coefficient (Wildman–Crippen LogP) is 2.26. The van der Waals surface area contributed by atoms with Gasteiger partial charge in [-0.1, -0.05) is 0 Å². The highest BCUT2D eigenvalue weighted by atomic mass is 19.4. The summed E-state index contributed by atoms with van der Waals surface area (Å²) in [5, 5.41) is 0. The zero-order valence-electron chi connectivity index (χ0n) is 6.37. The minimum Gasteiger partial charge on any atom is -0.378 e. The van der Waals surface area contributed by atoms with Crippen molar-refractivity contribution in [2.45, 2.75) is 24.9 Å². The summed E-state index contributed by atoms with van der Waals surface area (Å²) in [6.07, 6.45) is -9.94. The summed E-state index contributed by atoms with van der Waals surface area (Å²) in [6.45, 7) is -1.46. The molecule has 0 aliphatic carbocycles. The minimum atomic E-state index is -4.53. The number of ether oxygens (including phenoxy) is 1. The van der Waals surface area contributed by atoms with E-state index in [1.165, 1.54) is 0 Å². The van der Waals surface area contributed by atoms with E-state index in [9.17, 15) is 22.0 Å². The van der Waals surface area contributed by atoms with Crippen LogP contribution >= 0.6 is 0 Å². The van der Waals surface area contributed by atoms with Crippen LogP contribution in [0.1, 0.15) is 6.42 Å². The van der Waals surface area contributed by atoms with Crippen molar-refractivity contribution in [1.29, 1.82) is 0 Å². The van der Waals surface area contributed by atoms with Gasteiger partial charge in [-0.3, -0.25) is 0 Å². The zero-order chi connectivity index (χ0) is 9.78. The molecule has 0 heterocycles. The van der Waals surface area contributed by atoms with Gasteiger partial charge in [0.15, 0.2) is 6.17 Å². The third-order valence-electron chi connectivity index (χ3n) is 1.29. The summed E-state index contributed by atoms with van der Waals surface area (Å²) in [4.78, 5) is 0. The summed E-state index contributed by atoms with van der Waals surface area (Å²) in [5.41, 5.74) is 0. The fourth-order valence-corrected chi connectivity index (χ4v) is 0.686. The van der Waals surface area contributed by atoms with Crippen LogP contribution < -0.4 is 0 Å². The van der Waals surface area contributed by atoms with Crippen LogP contribution in [0, 0.1) is 0 Å². The molecule has 12 heavy (non-hydrogen) atoms. The molecule has 1 nitrogen and oxygen atoms in total. The second-order valence-corrected chi connectivity index (χ2v) is 2.26. The summed E-state index contributed by atoms with van der Waals surface area (Å²) in [7, 11) is 0.915. The Labute approximate surface area is 66.5 Å². The molecule has 0 aromatic carbocycles. The Morgan fingerprint density at radius 2 is 1.83 bits per heavy atom. The number of hydrogen-bond acceptors (Lipinski definition) is 1. The van der Waals surface area contributed by atoms with Crippen molar-refractivity contribution in [3.8, 4) is 0 Å². The van der Waals surface area contributed by atoms with E-state index in [1.807, 2.05) is 0 Å². The second kappa shape index (κ2) is 4.59. The van der Waals surface area contributed by atoms with Crippen molar-refractivity contribution in [3.63, 3.8) is 0 Å². The lowest BCUT2D eigenvalue weighted by atomic mass is 10.1. The van der Waals surface area contributed by atoms with Crippen LogP contribution in [0.4, 0.5) is 22.0 Å². The Morgan fingerprint density at radius 3 is 2.08 bits per heavy atom. The zero-order valence-corrected chi connectivity index (χ0v) is 6.37. The maximum atomic E-state index is 12.3. The van der Waals surface area contributed by atoms with Crippen LogP contribution in [0.15, 0.2) is 0 Å². The van der Waals surface area contributed by atoms with Gasteiger partial charge in [-0.05, 0) is 0 Å². The maximum absolute atomic E-state index is 12.3. The van der Waals surface area contributed by atoms with E-state index in [-0.39, 0.29) is 0 Å². The monoisotopic (exact) mass is 192 g/mol. The number of halogens is 5. The Kier molecular flexibility index (Phi) is 4.44. The van der Waals surface area contributed by atoms with E-state index in [1.54, 1.807) is 0 Å². The molecule has 0 N–H and O–H groups in total. The molecule has 2 atom stereocenters. The van der Waals surface area contributed by atoms with Crippen molar-refractivity contribution in [2.24, 2.45) is 0 Å². The molecular weight excluding hydrogens is 183 g/mol. The molecule has 0 bridgehead atoms. The topological polar surface area (TPSA) is 9.23 Å². The van der Waals surface area contributed by atoms with Crippen LogP contribution in [0.3, 0.4) is 0 Å². The Balaban J connectivity index is 3.99. The van der Waals surface area contributed by atoms with Crippen LogP contribution in [0.5, 0.6) is 0 Å². The molecule has 6 heteroatoms. The van der Waals surface area contributed by atoms with Crippen LogP contribution in [0.2, 0.25) is 0 Å². The first kappa shape index (κ1) is 11.6. The molecule has 0 aromatic rings. The quantitative estimate of drug-likeness (QED) is 0.621. The van der Waals surface area contributed by atoms with Gasteiger partial charge in [-0.25, -0.2) is 8.78 Å². The molecule has 0 saturated carbocycles. The molecule has 0 aromatic heterocycles. The molecule has 0 aliphatic rings. The maximum Gasteiger partial charge on any atom is 0.391 e. The van der Waals surface area contributed by atoms with Gasteiger partial charge in [-0.15, -0.1) is 0 Å². The highest BCUT2D eigenvalue weighted by Gasteiger charge is 2.36. The van der Waals surface area contributed by atoms with Gasteiger partial charge in [0.05, 0.1) is 12.5 Å². The van der Waals surface area contributed by atoms with Gasteiger partial charge < -0.3 is 4.74 Å². The van der Waals surface area contributed by atoms with Crippen molar-refractivity contribution in [1.82, 2.24) is 0 Å². The van der Waals surface area contributed by atoms with Gasteiger partial charge in [0, 0.05) is 7.11 Å². The average molecular weight is 192 g/mol. The van der Waals surface area contributed by atoms with E-state index in [2.05, 4.69) is 4.74 Å². The molecule has 0 fully saturated rings. The normalized spacial score (nSPS) is 17.5. The van der Waals surface area contributed by atoms with Crippen molar-refractivity contribution < 1.29 is 26.7 Å². The highest BCUT2D eigenvalue weighted by molar-refractivity contribution is 4.71. The molecular formula is C6H9F5O. The number of methoxy groups -OCH3 is 1. The second-order valence-electron chi connectivity index (χ2n) is 2.26. The molecule has 0 spiro atoms. The van der Waals surface area contributed by atoms with Gasteiger partial charge >= 0.3 is 6.18 Å². The third kappa shape index (κ3) is 4.48. The molecule has 0 amide bonds. The molecule has 2 unspecified atom stereocenters. The van der Waals surface area contributed by atoms with E-state index in [4.69, 9.17) is 0 Å². The average Bonchev–Trinajstić information content (AvgIpc) is 1.97. The summed E-state index contributed by atoms with van der Waals surface area (Å²) < 4.78 is 62.9. The largest absolute Gasteiger partial charge is 0.391 e. The molecule has 0 rings (SSSR count). The summed E-state index contributed by atoms with van der Waals surface area (Å²) in [6, 6.07) is 0. The van der Waals surface area contributed by atoms with Crippen molar-refractivity contribution in [2.75, 3.05) is 13.8 Å². The Hall–Kier alpha value is -0.390.